The normalized spacial score (nSPS) is 21.4. The molecule has 0 saturated carbocycles. The van der Waals surface area contributed by atoms with Crippen molar-refractivity contribution in [3.8, 4) is 0 Å². The van der Waals surface area contributed by atoms with Crippen LogP contribution in [0.5, 0.6) is 0 Å². The summed E-state index contributed by atoms with van der Waals surface area (Å²) in [5, 5.41) is 3.08. The summed E-state index contributed by atoms with van der Waals surface area (Å²) in [5.74, 6) is -0.229. The molecule has 2 atom stereocenters. The van der Waals surface area contributed by atoms with E-state index >= 15 is 0 Å². The topological polar surface area (TPSA) is 56.8 Å². The van der Waals surface area contributed by atoms with E-state index in [1.54, 1.807) is 0 Å². The molecule has 5 nitrogen and oxygen atoms in total. The standard InChI is InChI=1S/C12H23NO4/c1-3-13-11(12(14)15-2)6-8-16-9-10-5-4-7-17-10/h10-11,13H,3-9H2,1-2H3. The first-order valence-electron chi connectivity index (χ1n) is 6.28. The number of rotatable bonds is 8. The van der Waals surface area contributed by atoms with Crippen molar-refractivity contribution < 1.29 is 19.0 Å². The number of hydrogen-bond acceptors (Lipinski definition) is 5. The predicted molar refractivity (Wildman–Crippen MR) is 63.9 cm³/mol. The van der Waals surface area contributed by atoms with E-state index in [0.29, 0.717) is 19.6 Å². The van der Waals surface area contributed by atoms with E-state index < -0.39 is 0 Å². The zero-order chi connectivity index (χ0) is 12.5. The molecule has 1 aliphatic rings. The van der Waals surface area contributed by atoms with Gasteiger partial charge in [-0.15, -0.1) is 0 Å². The second kappa shape index (κ2) is 8.44. The van der Waals surface area contributed by atoms with Crippen LogP contribution in [-0.2, 0) is 19.0 Å². The fraction of sp³-hybridized carbons (Fsp3) is 0.917. The molecule has 0 radical (unpaired) electrons. The van der Waals surface area contributed by atoms with Gasteiger partial charge in [-0.25, -0.2) is 0 Å². The number of carbonyl (C=O) groups excluding carboxylic acids is 1. The Balaban J connectivity index is 2.10. The second-order valence-electron chi connectivity index (χ2n) is 4.13. The van der Waals surface area contributed by atoms with Crippen molar-refractivity contribution in [3.63, 3.8) is 0 Å². The second-order valence-corrected chi connectivity index (χ2v) is 4.13. The lowest BCUT2D eigenvalue weighted by molar-refractivity contribution is -0.143. The van der Waals surface area contributed by atoms with Crippen molar-refractivity contribution in [2.45, 2.75) is 38.3 Å². The van der Waals surface area contributed by atoms with Crippen LogP contribution in [0.2, 0.25) is 0 Å². The molecule has 1 N–H and O–H groups in total. The third kappa shape index (κ3) is 5.48. The number of nitrogens with one attached hydrogen (secondary N) is 1. The quantitative estimate of drug-likeness (QED) is 0.504. The third-order valence-corrected chi connectivity index (χ3v) is 2.81. The zero-order valence-corrected chi connectivity index (χ0v) is 10.7. The molecule has 0 amide bonds. The maximum absolute atomic E-state index is 11.4. The number of carbonyl (C=O) groups is 1. The maximum Gasteiger partial charge on any atom is 0.322 e. The van der Waals surface area contributed by atoms with Crippen molar-refractivity contribution in [1.29, 1.82) is 0 Å². The first-order chi connectivity index (χ1) is 8.27. The molecule has 0 spiro atoms. The Morgan fingerprint density at radius 1 is 1.59 bits per heavy atom. The van der Waals surface area contributed by atoms with Gasteiger partial charge in [0.15, 0.2) is 0 Å². The van der Waals surface area contributed by atoms with Crippen LogP contribution in [0.15, 0.2) is 0 Å². The largest absolute Gasteiger partial charge is 0.468 e. The highest BCUT2D eigenvalue weighted by molar-refractivity contribution is 5.75. The minimum absolute atomic E-state index is 0.229. The average molecular weight is 245 g/mol. The summed E-state index contributed by atoms with van der Waals surface area (Å²) >= 11 is 0. The van der Waals surface area contributed by atoms with Crippen molar-refractivity contribution in [1.82, 2.24) is 5.32 Å². The summed E-state index contributed by atoms with van der Waals surface area (Å²) in [6.45, 7) is 4.72. The number of hydrogen-bond donors (Lipinski definition) is 1. The van der Waals surface area contributed by atoms with Crippen molar-refractivity contribution in [2.24, 2.45) is 0 Å². The van der Waals surface area contributed by atoms with Crippen LogP contribution in [-0.4, -0.2) is 51.6 Å². The smallest absolute Gasteiger partial charge is 0.322 e. The minimum atomic E-state index is -0.269. The Morgan fingerprint density at radius 2 is 2.41 bits per heavy atom. The van der Waals surface area contributed by atoms with Crippen LogP contribution >= 0.6 is 0 Å². The number of methoxy groups -OCH3 is 1. The minimum Gasteiger partial charge on any atom is -0.468 e. The Kier molecular flexibility index (Phi) is 7.16. The van der Waals surface area contributed by atoms with Gasteiger partial charge in [0.05, 0.1) is 19.8 Å². The fourth-order valence-corrected chi connectivity index (χ4v) is 1.88. The van der Waals surface area contributed by atoms with Gasteiger partial charge >= 0.3 is 5.97 Å². The molecule has 17 heavy (non-hydrogen) atoms. The summed E-state index contributed by atoms with van der Waals surface area (Å²) in [7, 11) is 1.40. The monoisotopic (exact) mass is 245 g/mol. The van der Waals surface area contributed by atoms with Gasteiger partial charge in [-0.1, -0.05) is 6.92 Å². The Bertz CT molecular complexity index is 217. The Labute approximate surface area is 103 Å². The molecular weight excluding hydrogens is 222 g/mol. The number of likely N-dealkylation sites (N-methyl/N-ethyl adjacent to an activating group) is 1. The lowest BCUT2D eigenvalue weighted by atomic mass is 10.2. The lowest BCUT2D eigenvalue weighted by Crippen LogP contribution is -2.38. The van der Waals surface area contributed by atoms with Gasteiger partial charge in [-0.2, -0.15) is 0 Å². The molecule has 0 aromatic rings. The van der Waals surface area contributed by atoms with E-state index in [-0.39, 0.29) is 18.1 Å². The van der Waals surface area contributed by atoms with Gasteiger partial charge in [0, 0.05) is 13.2 Å². The Morgan fingerprint density at radius 3 is 3.00 bits per heavy atom. The maximum atomic E-state index is 11.4. The van der Waals surface area contributed by atoms with E-state index in [9.17, 15) is 4.79 Å². The third-order valence-electron chi connectivity index (χ3n) is 2.81. The Hall–Kier alpha value is -0.650. The van der Waals surface area contributed by atoms with E-state index in [4.69, 9.17) is 14.2 Å². The number of esters is 1. The summed E-state index contributed by atoms with van der Waals surface area (Å²) in [6.07, 6.45) is 3.07. The van der Waals surface area contributed by atoms with Crippen LogP contribution in [0.1, 0.15) is 26.2 Å². The van der Waals surface area contributed by atoms with Crippen LogP contribution in [0.4, 0.5) is 0 Å². The van der Waals surface area contributed by atoms with Crippen LogP contribution in [0.3, 0.4) is 0 Å². The molecule has 1 aliphatic heterocycles. The van der Waals surface area contributed by atoms with Gasteiger partial charge < -0.3 is 19.5 Å². The van der Waals surface area contributed by atoms with Crippen molar-refractivity contribution in [3.05, 3.63) is 0 Å². The molecule has 2 unspecified atom stereocenters. The summed E-state index contributed by atoms with van der Waals surface area (Å²) in [5.41, 5.74) is 0. The highest BCUT2D eigenvalue weighted by atomic mass is 16.5. The van der Waals surface area contributed by atoms with Gasteiger partial charge in [0.2, 0.25) is 0 Å². The van der Waals surface area contributed by atoms with E-state index in [1.165, 1.54) is 7.11 Å². The molecule has 1 fully saturated rings. The summed E-state index contributed by atoms with van der Waals surface area (Å²) in [4.78, 5) is 11.4. The zero-order valence-electron chi connectivity index (χ0n) is 10.7. The molecule has 0 aromatic carbocycles. The van der Waals surface area contributed by atoms with Gasteiger partial charge in [-0.3, -0.25) is 4.79 Å². The SMILES string of the molecule is CCNC(CCOCC1CCCO1)C(=O)OC. The van der Waals surface area contributed by atoms with Crippen LogP contribution in [0.25, 0.3) is 0 Å². The van der Waals surface area contributed by atoms with E-state index in [2.05, 4.69) is 5.32 Å². The molecule has 0 aromatic heterocycles. The van der Waals surface area contributed by atoms with Crippen LogP contribution in [0, 0.1) is 0 Å². The molecule has 1 saturated heterocycles. The molecule has 0 bridgehead atoms. The van der Waals surface area contributed by atoms with Gasteiger partial charge in [-0.05, 0) is 25.8 Å². The first-order valence-corrected chi connectivity index (χ1v) is 6.28. The fourth-order valence-electron chi connectivity index (χ4n) is 1.88. The summed E-state index contributed by atoms with van der Waals surface area (Å²) in [6, 6.07) is -0.269. The molecule has 1 heterocycles. The molecular formula is C12H23NO4. The van der Waals surface area contributed by atoms with E-state index in [1.807, 2.05) is 6.92 Å². The van der Waals surface area contributed by atoms with Gasteiger partial charge in [0.25, 0.3) is 0 Å². The lowest BCUT2D eigenvalue weighted by Gasteiger charge is -2.16. The molecule has 0 aliphatic carbocycles. The highest BCUT2D eigenvalue weighted by Gasteiger charge is 2.19. The molecule has 100 valence electrons. The van der Waals surface area contributed by atoms with Crippen LogP contribution < -0.4 is 5.32 Å². The number of ether oxygens (including phenoxy) is 3. The molecule has 1 rings (SSSR count). The predicted octanol–water partition coefficient (Wildman–Crippen LogP) is 0.723. The highest BCUT2D eigenvalue weighted by Crippen LogP contribution is 2.12. The van der Waals surface area contributed by atoms with Gasteiger partial charge in [0.1, 0.15) is 6.04 Å². The van der Waals surface area contributed by atoms with Crippen molar-refractivity contribution >= 4 is 5.97 Å². The summed E-state index contributed by atoms with van der Waals surface area (Å²) < 4.78 is 15.7. The first kappa shape index (κ1) is 14.4. The van der Waals surface area contributed by atoms with Crippen molar-refractivity contribution in [2.75, 3.05) is 33.5 Å². The molecule has 5 heteroatoms. The van der Waals surface area contributed by atoms with E-state index in [0.717, 1.165) is 26.0 Å². The average Bonchev–Trinajstić information content (AvgIpc) is 2.85.